The van der Waals surface area contributed by atoms with E-state index in [2.05, 4.69) is 14.5 Å². The van der Waals surface area contributed by atoms with Gasteiger partial charge in [0.2, 0.25) is 10.0 Å². The predicted octanol–water partition coefficient (Wildman–Crippen LogP) is 1.92. The van der Waals surface area contributed by atoms with Crippen molar-refractivity contribution in [1.29, 1.82) is 0 Å². The Kier molecular flexibility index (Phi) is 6.17. The van der Waals surface area contributed by atoms with Crippen molar-refractivity contribution in [1.82, 2.24) is 19.6 Å². The summed E-state index contributed by atoms with van der Waals surface area (Å²) in [5, 5.41) is 1.25. The number of aryl methyl sites for hydroxylation is 2. The van der Waals surface area contributed by atoms with E-state index >= 15 is 0 Å². The molecule has 0 radical (unpaired) electrons. The normalized spacial score (nSPS) is 21.5. The van der Waals surface area contributed by atoms with Crippen LogP contribution < -0.4 is 9.62 Å². The van der Waals surface area contributed by atoms with Crippen LogP contribution in [-0.2, 0) is 34.1 Å². The van der Waals surface area contributed by atoms with Crippen molar-refractivity contribution in [2.24, 2.45) is 0 Å². The number of rotatable bonds is 5. The first-order valence-corrected chi connectivity index (χ1v) is 14.0. The van der Waals surface area contributed by atoms with Gasteiger partial charge in [0.25, 0.3) is 0 Å². The van der Waals surface area contributed by atoms with Crippen LogP contribution in [0.25, 0.3) is 10.2 Å². The topological polar surface area (TPSA) is 87.7 Å². The Hall–Kier alpha value is -1.33. The van der Waals surface area contributed by atoms with Crippen LogP contribution in [0.2, 0.25) is 0 Å². The number of hydrogen-bond donors (Lipinski definition) is 1. The molecule has 0 bridgehead atoms. The highest BCUT2D eigenvalue weighted by molar-refractivity contribution is 7.88. The molecule has 31 heavy (non-hydrogen) atoms. The Balaban J connectivity index is 1.45. The molecule has 0 saturated carbocycles. The average Bonchev–Trinajstić information content (AvgIpc) is 3.12. The molecule has 0 aromatic carbocycles. The lowest BCUT2D eigenvalue weighted by Crippen LogP contribution is -2.44. The summed E-state index contributed by atoms with van der Waals surface area (Å²) in [4.78, 5) is 17.4. The molecule has 0 spiro atoms. The van der Waals surface area contributed by atoms with Gasteiger partial charge < -0.3 is 9.64 Å². The van der Waals surface area contributed by atoms with Crippen LogP contribution in [0, 0.1) is 0 Å². The van der Waals surface area contributed by atoms with Crippen molar-refractivity contribution in [3.05, 3.63) is 16.3 Å². The van der Waals surface area contributed by atoms with Gasteiger partial charge in [-0.3, -0.25) is 4.90 Å². The second-order valence-corrected chi connectivity index (χ2v) is 11.8. The summed E-state index contributed by atoms with van der Waals surface area (Å²) in [6.07, 6.45) is 7.58. The van der Waals surface area contributed by atoms with Crippen molar-refractivity contribution in [2.45, 2.75) is 51.1 Å². The van der Waals surface area contributed by atoms with E-state index in [0.717, 1.165) is 88.1 Å². The maximum Gasteiger partial charge on any atom is 0.208 e. The summed E-state index contributed by atoms with van der Waals surface area (Å²) in [5.74, 6) is 1.95. The number of hydrogen-bond acceptors (Lipinski definition) is 8. The van der Waals surface area contributed by atoms with Crippen LogP contribution in [0.4, 0.5) is 5.82 Å². The number of fused-ring (bicyclic) bond motifs is 3. The minimum atomic E-state index is -3.17. The first-order valence-electron chi connectivity index (χ1n) is 11.3. The second-order valence-electron chi connectivity index (χ2n) is 8.89. The Labute approximate surface area is 188 Å². The van der Waals surface area contributed by atoms with E-state index in [1.54, 1.807) is 0 Å². The third-order valence-electron chi connectivity index (χ3n) is 6.49. The molecule has 1 aliphatic carbocycles. The monoisotopic (exact) mass is 465 g/mol. The molecule has 0 amide bonds. The Morgan fingerprint density at radius 3 is 2.58 bits per heavy atom. The molecule has 4 heterocycles. The van der Waals surface area contributed by atoms with Crippen molar-refractivity contribution in [2.75, 3.05) is 50.5 Å². The number of anilines is 1. The molecule has 10 heteroatoms. The van der Waals surface area contributed by atoms with Gasteiger partial charge in [0.1, 0.15) is 16.5 Å². The van der Waals surface area contributed by atoms with Gasteiger partial charge in [0.05, 0.1) is 31.4 Å². The molecule has 2 aromatic heterocycles. The third kappa shape index (κ3) is 4.88. The Bertz CT molecular complexity index is 1040. The van der Waals surface area contributed by atoms with Crippen LogP contribution in [-0.4, -0.2) is 75.0 Å². The number of morpholine rings is 1. The first kappa shape index (κ1) is 21.5. The average molecular weight is 466 g/mol. The lowest BCUT2D eigenvalue weighted by molar-refractivity contribution is 0.0331. The summed E-state index contributed by atoms with van der Waals surface area (Å²) >= 11 is 1.85. The van der Waals surface area contributed by atoms with Crippen molar-refractivity contribution in [3.63, 3.8) is 0 Å². The Morgan fingerprint density at radius 1 is 1.10 bits per heavy atom. The molecule has 2 fully saturated rings. The third-order valence-corrected chi connectivity index (χ3v) is 8.43. The SMILES string of the molecule is CS(=O)(=O)NC1CCN(c2nc(CN3CCOCC3)nc3sc4c(c23)CCCC4)CC1. The number of nitrogens with one attached hydrogen (secondary N) is 1. The quantitative estimate of drug-likeness (QED) is 0.722. The molecule has 170 valence electrons. The summed E-state index contributed by atoms with van der Waals surface area (Å²) < 4.78 is 31.5. The Morgan fingerprint density at radius 2 is 1.84 bits per heavy atom. The van der Waals surface area contributed by atoms with Gasteiger partial charge in [-0.2, -0.15) is 0 Å². The van der Waals surface area contributed by atoms with Crippen molar-refractivity contribution < 1.29 is 13.2 Å². The van der Waals surface area contributed by atoms with Gasteiger partial charge in [-0.15, -0.1) is 11.3 Å². The summed E-state index contributed by atoms with van der Waals surface area (Å²) in [5.41, 5.74) is 1.45. The molecule has 2 aliphatic heterocycles. The number of aromatic nitrogens is 2. The fourth-order valence-electron chi connectivity index (χ4n) is 4.95. The molecule has 2 saturated heterocycles. The van der Waals surface area contributed by atoms with Gasteiger partial charge >= 0.3 is 0 Å². The lowest BCUT2D eigenvalue weighted by Gasteiger charge is -2.33. The van der Waals surface area contributed by atoms with E-state index in [1.807, 2.05) is 11.3 Å². The summed E-state index contributed by atoms with van der Waals surface area (Å²) in [7, 11) is -3.17. The van der Waals surface area contributed by atoms with Crippen LogP contribution in [0.3, 0.4) is 0 Å². The molecular weight excluding hydrogens is 434 g/mol. The maximum absolute atomic E-state index is 11.6. The van der Waals surface area contributed by atoms with Crippen molar-refractivity contribution >= 4 is 37.4 Å². The molecule has 5 rings (SSSR count). The van der Waals surface area contributed by atoms with E-state index < -0.39 is 10.0 Å². The maximum atomic E-state index is 11.6. The molecule has 0 atom stereocenters. The molecule has 0 unspecified atom stereocenters. The van der Waals surface area contributed by atoms with E-state index in [0.29, 0.717) is 0 Å². The molecule has 1 N–H and O–H groups in total. The predicted molar refractivity (Wildman–Crippen MR) is 123 cm³/mol. The van der Waals surface area contributed by atoms with Gasteiger partial charge in [-0.1, -0.05) is 0 Å². The van der Waals surface area contributed by atoms with Crippen LogP contribution in [0.15, 0.2) is 0 Å². The number of piperidine rings is 1. The minimum Gasteiger partial charge on any atom is -0.379 e. The highest BCUT2D eigenvalue weighted by Crippen LogP contribution is 2.40. The molecule has 2 aromatic rings. The van der Waals surface area contributed by atoms with Gasteiger partial charge in [-0.05, 0) is 44.1 Å². The van der Waals surface area contributed by atoms with E-state index in [4.69, 9.17) is 14.7 Å². The van der Waals surface area contributed by atoms with Crippen LogP contribution in [0.5, 0.6) is 0 Å². The molecular formula is C21H31N5O3S2. The first-order chi connectivity index (χ1) is 15.0. The number of nitrogens with zero attached hydrogens (tertiary/aromatic N) is 4. The highest BCUT2D eigenvalue weighted by Gasteiger charge is 2.28. The van der Waals surface area contributed by atoms with E-state index in [9.17, 15) is 8.42 Å². The fourth-order valence-corrected chi connectivity index (χ4v) is 7.07. The minimum absolute atomic E-state index is 0.00721. The highest BCUT2D eigenvalue weighted by atomic mass is 32.2. The zero-order valence-corrected chi connectivity index (χ0v) is 19.7. The lowest BCUT2D eigenvalue weighted by atomic mass is 9.96. The molecule has 8 nitrogen and oxygen atoms in total. The largest absolute Gasteiger partial charge is 0.379 e. The van der Waals surface area contributed by atoms with Crippen molar-refractivity contribution in [3.8, 4) is 0 Å². The van der Waals surface area contributed by atoms with Crippen LogP contribution >= 0.6 is 11.3 Å². The van der Waals surface area contributed by atoms with Crippen LogP contribution in [0.1, 0.15) is 41.9 Å². The summed E-state index contributed by atoms with van der Waals surface area (Å²) in [6.45, 7) is 5.73. The van der Waals surface area contributed by atoms with E-state index in [-0.39, 0.29) is 6.04 Å². The fraction of sp³-hybridized carbons (Fsp3) is 0.714. The number of ether oxygens (including phenoxy) is 1. The zero-order chi connectivity index (χ0) is 21.4. The van der Waals surface area contributed by atoms with Gasteiger partial charge in [0, 0.05) is 37.1 Å². The molecule has 3 aliphatic rings. The number of sulfonamides is 1. The second kappa shape index (κ2) is 8.90. The smallest absolute Gasteiger partial charge is 0.208 e. The standard InChI is InChI=1S/C21H31N5O3S2/c1-31(27,28)24-15-6-8-26(9-7-15)20-19-16-4-2-3-5-17(16)30-21(19)23-18(22-20)14-25-10-12-29-13-11-25/h15,24H,2-14H2,1H3. The number of thiophene rings is 1. The zero-order valence-electron chi connectivity index (χ0n) is 18.1. The van der Waals surface area contributed by atoms with E-state index in [1.165, 1.54) is 34.9 Å². The van der Waals surface area contributed by atoms with Gasteiger partial charge in [-0.25, -0.2) is 23.1 Å². The van der Waals surface area contributed by atoms with Gasteiger partial charge in [0.15, 0.2) is 0 Å². The summed E-state index contributed by atoms with van der Waals surface area (Å²) in [6, 6.07) is 0.00721.